The third-order valence-electron chi connectivity index (χ3n) is 3.91. The van der Waals surface area contributed by atoms with Gasteiger partial charge in [-0.05, 0) is 12.8 Å². The number of rotatable bonds is 10. The summed E-state index contributed by atoms with van der Waals surface area (Å²) in [5, 5.41) is 0. The highest BCUT2D eigenvalue weighted by Crippen LogP contribution is 2.19. The molecule has 1 unspecified atom stereocenters. The van der Waals surface area contributed by atoms with E-state index in [4.69, 9.17) is 0 Å². The summed E-state index contributed by atoms with van der Waals surface area (Å²) < 4.78 is 0. The monoisotopic (exact) mass is 252 g/mol. The number of unbranched alkanes of at least 4 members (excludes halogenated alkanes) is 6. The van der Waals surface area contributed by atoms with Gasteiger partial charge in [-0.2, -0.15) is 0 Å². The molecule has 0 aliphatic carbocycles. The van der Waals surface area contributed by atoms with Gasteiger partial charge in [0.1, 0.15) is 6.17 Å². The van der Waals surface area contributed by atoms with Gasteiger partial charge >= 0.3 is 0 Å². The molecule has 0 aromatic carbocycles. The Morgan fingerprint density at radius 2 is 1.50 bits per heavy atom. The largest absolute Gasteiger partial charge is 0.359 e. The fourth-order valence-electron chi connectivity index (χ4n) is 2.73. The predicted octanol–water partition coefficient (Wildman–Crippen LogP) is 4.58. The maximum Gasteiger partial charge on any atom is 0.100 e. The third-order valence-corrected chi connectivity index (χ3v) is 3.91. The summed E-state index contributed by atoms with van der Waals surface area (Å²) in [6.45, 7) is 5.79. The molecule has 0 amide bonds. The molecule has 0 spiro atoms. The van der Waals surface area contributed by atoms with Gasteiger partial charge in [-0.3, -0.25) is 0 Å². The molecule has 1 heterocycles. The van der Waals surface area contributed by atoms with Crippen molar-refractivity contribution in [2.24, 2.45) is 0 Å². The second-order valence-corrected chi connectivity index (χ2v) is 5.59. The Kier molecular flexibility index (Phi) is 7.95. The van der Waals surface area contributed by atoms with Crippen LogP contribution in [0.25, 0.3) is 0 Å². The van der Waals surface area contributed by atoms with Crippen molar-refractivity contribution < 1.29 is 0 Å². The Morgan fingerprint density at radius 1 is 0.833 bits per heavy atom. The van der Waals surface area contributed by atoms with Gasteiger partial charge in [-0.1, -0.05) is 58.8 Å². The maximum absolute atomic E-state index is 2.52. The normalized spacial score (nSPS) is 18.9. The summed E-state index contributed by atoms with van der Waals surface area (Å²) in [6, 6.07) is 0. The summed E-state index contributed by atoms with van der Waals surface area (Å²) in [6.07, 6.45) is 17.5. The standard InChI is InChI=1S/C16H32N2/c1-4-6-7-8-9-10-11-13-18-15-14-17(3)16(18)12-5-2/h14-16H,4-13H2,1-3H3. The summed E-state index contributed by atoms with van der Waals surface area (Å²) in [7, 11) is 2.20. The lowest BCUT2D eigenvalue weighted by Crippen LogP contribution is -2.36. The average molecular weight is 252 g/mol. The molecule has 1 rings (SSSR count). The molecule has 106 valence electrons. The summed E-state index contributed by atoms with van der Waals surface area (Å²) >= 11 is 0. The van der Waals surface area contributed by atoms with Crippen molar-refractivity contribution in [3.8, 4) is 0 Å². The lowest BCUT2D eigenvalue weighted by Gasteiger charge is -2.30. The smallest absolute Gasteiger partial charge is 0.100 e. The van der Waals surface area contributed by atoms with Gasteiger partial charge < -0.3 is 9.80 Å². The van der Waals surface area contributed by atoms with Gasteiger partial charge in [0.15, 0.2) is 0 Å². The lowest BCUT2D eigenvalue weighted by molar-refractivity contribution is 0.162. The van der Waals surface area contributed by atoms with Crippen molar-refractivity contribution >= 4 is 0 Å². The molecule has 0 fully saturated rings. The molecular formula is C16H32N2. The molecule has 0 N–H and O–H groups in total. The second-order valence-electron chi connectivity index (χ2n) is 5.59. The van der Waals surface area contributed by atoms with Crippen LogP contribution in [0.5, 0.6) is 0 Å². The SMILES string of the molecule is CCCCCCCCCN1C=CN(C)C1CCC. The van der Waals surface area contributed by atoms with Crippen molar-refractivity contribution in [2.45, 2.75) is 77.8 Å². The molecule has 0 aromatic heterocycles. The number of nitrogens with zero attached hydrogens (tertiary/aromatic N) is 2. The predicted molar refractivity (Wildman–Crippen MR) is 80.3 cm³/mol. The molecule has 2 nitrogen and oxygen atoms in total. The Morgan fingerprint density at radius 3 is 2.17 bits per heavy atom. The van der Waals surface area contributed by atoms with Gasteiger partial charge in [-0.25, -0.2) is 0 Å². The molecule has 0 aromatic rings. The van der Waals surface area contributed by atoms with Crippen LogP contribution in [0, 0.1) is 0 Å². The third kappa shape index (κ3) is 5.32. The molecule has 1 aliphatic rings. The zero-order valence-corrected chi connectivity index (χ0v) is 12.7. The molecule has 0 radical (unpaired) electrons. The van der Waals surface area contributed by atoms with E-state index in [-0.39, 0.29) is 0 Å². The molecule has 0 saturated carbocycles. The van der Waals surface area contributed by atoms with Crippen LogP contribution < -0.4 is 0 Å². The van der Waals surface area contributed by atoms with Crippen molar-refractivity contribution in [2.75, 3.05) is 13.6 Å². The Balaban J connectivity index is 2.06. The second kappa shape index (κ2) is 9.29. The van der Waals surface area contributed by atoms with E-state index < -0.39 is 0 Å². The Bertz CT molecular complexity index is 225. The van der Waals surface area contributed by atoms with Gasteiger partial charge in [0.25, 0.3) is 0 Å². The number of hydrogen-bond donors (Lipinski definition) is 0. The molecule has 0 saturated heterocycles. The van der Waals surface area contributed by atoms with Crippen LogP contribution in [0.4, 0.5) is 0 Å². The molecule has 18 heavy (non-hydrogen) atoms. The van der Waals surface area contributed by atoms with E-state index in [9.17, 15) is 0 Å². The van der Waals surface area contributed by atoms with E-state index in [0.717, 1.165) is 0 Å². The van der Waals surface area contributed by atoms with Crippen LogP contribution in [0.3, 0.4) is 0 Å². The van der Waals surface area contributed by atoms with Crippen LogP contribution in [-0.4, -0.2) is 29.6 Å². The quantitative estimate of drug-likeness (QED) is 0.525. The molecule has 1 aliphatic heterocycles. The van der Waals surface area contributed by atoms with Crippen molar-refractivity contribution in [1.82, 2.24) is 9.80 Å². The first kappa shape index (κ1) is 15.4. The highest BCUT2D eigenvalue weighted by atomic mass is 15.4. The lowest BCUT2D eigenvalue weighted by atomic mass is 10.1. The first-order valence-corrected chi connectivity index (χ1v) is 7.95. The first-order valence-electron chi connectivity index (χ1n) is 7.95. The maximum atomic E-state index is 2.52. The van der Waals surface area contributed by atoms with E-state index in [1.165, 1.54) is 64.3 Å². The van der Waals surface area contributed by atoms with E-state index in [1.807, 2.05) is 0 Å². The van der Waals surface area contributed by atoms with Crippen LogP contribution in [-0.2, 0) is 0 Å². The molecular weight excluding hydrogens is 220 g/mol. The van der Waals surface area contributed by atoms with Gasteiger partial charge in [0.2, 0.25) is 0 Å². The minimum atomic E-state index is 0.620. The minimum Gasteiger partial charge on any atom is -0.359 e. The summed E-state index contributed by atoms with van der Waals surface area (Å²) in [4.78, 5) is 4.88. The molecule has 1 atom stereocenters. The Labute approximate surface area is 114 Å². The van der Waals surface area contributed by atoms with E-state index in [2.05, 4.69) is 43.1 Å². The van der Waals surface area contributed by atoms with Gasteiger partial charge in [0.05, 0.1) is 0 Å². The van der Waals surface area contributed by atoms with Crippen molar-refractivity contribution in [3.05, 3.63) is 12.4 Å². The fraction of sp³-hybridized carbons (Fsp3) is 0.875. The summed E-state index contributed by atoms with van der Waals surface area (Å²) in [5.41, 5.74) is 0. The number of hydrogen-bond acceptors (Lipinski definition) is 2. The molecule has 2 heteroatoms. The van der Waals surface area contributed by atoms with Crippen molar-refractivity contribution in [3.63, 3.8) is 0 Å². The van der Waals surface area contributed by atoms with E-state index >= 15 is 0 Å². The van der Waals surface area contributed by atoms with Gasteiger partial charge in [0, 0.05) is 26.0 Å². The first-order chi connectivity index (χ1) is 8.79. The topological polar surface area (TPSA) is 6.48 Å². The zero-order chi connectivity index (χ0) is 13.2. The van der Waals surface area contributed by atoms with Crippen LogP contribution >= 0.6 is 0 Å². The average Bonchev–Trinajstić information content (AvgIpc) is 2.71. The fourth-order valence-corrected chi connectivity index (χ4v) is 2.73. The van der Waals surface area contributed by atoms with Crippen molar-refractivity contribution in [1.29, 1.82) is 0 Å². The van der Waals surface area contributed by atoms with Crippen LogP contribution in [0.2, 0.25) is 0 Å². The minimum absolute atomic E-state index is 0.620. The van der Waals surface area contributed by atoms with E-state index in [0.29, 0.717) is 6.17 Å². The van der Waals surface area contributed by atoms with Crippen LogP contribution in [0.1, 0.15) is 71.6 Å². The summed E-state index contributed by atoms with van der Waals surface area (Å²) in [5.74, 6) is 0. The van der Waals surface area contributed by atoms with E-state index in [1.54, 1.807) is 0 Å². The highest BCUT2D eigenvalue weighted by molar-refractivity contribution is 4.95. The zero-order valence-electron chi connectivity index (χ0n) is 12.7. The van der Waals surface area contributed by atoms with Crippen LogP contribution in [0.15, 0.2) is 12.4 Å². The Hall–Kier alpha value is -0.660. The molecule has 0 bridgehead atoms. The highest BCUT2D eigenvalue weighted by Gasteiger charge is 2.21. The van der Waals surface area contributed by atoms with Gasteiger partial charge in [-0.15, -0.1) is 0 Å².